The molecular formula is C21H35N5O. The zero-order valence-electron chi connectivity index (χ0n) is 17.6. The average Bonchev–Trinajstić information content (AvgIpc) is 2.67. The van der Waals surface area contributed by atoms with Gasteiger partial charge in [0.1, 0.15) is 11.6 Å². The van der Waals surface area contributed by atoms with E-state index in [9.17, 15) is 4.79 Å². The minimum absolute atomic E-state index is 0.0288. The van der Waals surface area contributed by atoms with Crippen molar-refractivity contribution in [1.29, 1.82) is 0 Å². The summed E-state index contributed by atoms with van der Waals surface area (Å²) in [5, 5.41) is 0. The topological polar surface area (TPSA) is 52.6 Å². The van der Waals surface area contributed by atoms with Crippen LogP contribution in [-0.4, -0.2) is 71.0 Å². The highest BCUT2D eigenvalue weighted by Crippen LogP contribution is 2.21. The van der Waals surface area contributed by atoms with Gasteiger partial charge in [0.15, 0.2) is 0 Å². The highest BCUT2D eigenvalue weighted by atomic mass is 16.2. The van der Waals surface area contributed by atoms with Gasteiger partial charge in [0.25, 0.3) is 0 Å². The summed E-state index contributed by atoms with van der Waals surface area (Å²) in [6.07, 6.45) is 2.27. The fourth-order valence-electron chi connectivity index (χ4n) is 3.98. The van der Waals surface area contributed by atoms with Crippen LogP contribution in [0, 0.1) is 12.8 Å². The molecule has 0 bridgehead atoms. The van der Waals surface area contributed by atoms with Gasteiger partial charge in [0.2, 0.25) is 5.91 Å². The zero-order valence-corrected chi connectivity index (χ0v) is 17.6. The van der Waals surface area contributed by atoms with Crippen LogP contribution in [0.4, 0.5) is 5.82 Å². The molecule has 1 aromatic rings. The molecule has 2 aliphatic rings. The summed E-state index contributed by atoms with van der Waals surface area (Å²) in [6.45, 7) is 16.1. The Morgan fingerprint density at radius 1 is 1.04 bits per heavy atom. The number of hydrogen-bond donors (Lipinski definition) is 0. The average molecular weight is 374 g/mol. The van der Waals surface area contributed by atoms with E-state index < -0.39 is 0 Å². The lowest BCUT2D eigenvalue weighted by molar-refractivity contribution is -0.137. The molecule has 1 amide bonds. The zero-order chi connectivity index (χ0) is 19.6. The van der Waals surface area contributed by atoms with Gasteiger partial charge in [-0.15, -0.1) is 0 Å². The number of nitrogens with zero attached hydrogens (tertiary/aromatic N) is 5. The smallest absolute Gasteiger partial charge is 0.239 e. The molecule has 0 radical (unpaired) electrons. The first kappa shape index (κ1) is 20.1. The van der Waals surface area contributed by atoms with Crippen molar-refractivity contribution in [3.8, 4) is 0 Å². The van der Waals surface area contributed by atoms with Crippen LogP contribution < -0.4 is 4.90 Å². The first-order valence-corrected chi connectivity index (χ1v) is 10.5. The van der Waals surface area contributed by atoms with Crippen molar-refractivity contribution in [2.24, 2.45) is 5.92 Å². The van der Waals surface area contributed by atoms with Crippen LogP contribution in [0.3, 0.4) is 0 Å². The monoisotopic (exact) mass is 373 g/mol. The minimum Gasteiger partial charge on any atom is -0.354 e. The molecular weight excluding hydrogens is 338 g/mol. The molecule has 150 valence electrons. The molecule has 2 aliphatic heterocycles. The molecule has 1 unspecified atom stereocenters. The van der Waals surface area contributed by atoms with Gasteiger partial charge < -0.3 is 9.80 Å². The van der Waals surface area contributed by atoms with E-state index in [0.29, 0.717) is 11.8 Å². The molecule has 6 heteroatoms. The van der Waals surface area contributed by atoms with E-state index in [1.165, 1.54) is 0 Å². The number of aryl methyl sites for hydroxylation is 1. The van der Waals surface area contributed by atoms with E-state index in [1.54, 1.807) is 0 Å². The van der Waals surface area contributed by atoms with E-state index in [-0.39, 0.29) is 6.04 Å². The van der Waals surface area contributed by atoms with Gasteiger partial charge in [-0.3, -0.25) is 9.69 Å². The third kappa shape index (κ3) is 4.78. The van der Waals surface area contributed by atoms with Crippen molar-refractivity contribution < 1.29 is 4.79 Å². The van der Waals surface area contributed by atoms with Gasteiger partial charge in [-0.2, -0.15) is 0 Å². The standard InChI is InChI=1S/C21H35N5O/c1-15(2)20-22-17(4)14-19(23-20)25-12-10-24(11-13-25)18(5)21(27)26-8-6-16(3)7-9-26/h14-16,18H,6-13H2,1-5H3. The Morgan fingerprint density at radius 3 is 2.26 bits per heavy atom. The van der Waals surface area contributed by atoms with Gasteiger partial charge in [-0.25, -0.2) is 9.97 Å². The van der Waals surface area contributed by atoms with Crippen LogP contribution in [0.1, 0.15) is 58.0 Å². The van der Waals surface area contributed by atoms with Crippen molar-refractivity contribution in [3.05, 3.63) is 17.6 Å². The lowest BCUT2D eigenvalue weighted by Crippen LogP contribution is -2.55. The van der Waals surface area contributed by atoms with Crippen LogP contribution in [0.2, 0.25) is 0 Å². The number of likely N-dealkylation sites (tertiary alicyclic amines) is 1. The Bertz CT molecular complexity index is 646. The Kier molecular flexibility index (Phi) is 6.35. The van der Waals surface area contributed by atoms with Gasteiger partial charge >= 0.3 is 0 Å². The van der Waals surface area contributed by atoms with Crippen molar-refractivity contribution in [3.63, 3.8) is 0 Å². The molecule has 27 heavy (non-hydrogen) atoms. The second-order valence-electron chi connectivity index (χ2n) is 8.59. The summed E-state index contributed by atoms with van der Waals surface area (Å²) < 4.78 is 0. The van der Waals surface area contributed by atoms with Crippen LogP contribution in [0.5, 0.6) is 0 Å². The number of carbonyl (C=O) groups is 1. The van der Waals surface area contributed by atoms with E-state index in [0.717, 1.165) is 75.4 Å². The molecule has 2 fully saturated rings. The molecule has 0 aliphatic carbocycles. The second kappa shape index (κ2) is 8.55. The van der Waals surface area contributed by atoms with Crippen LogP contribution in [0.25, 0.3) is 0 Å². The molecule has 3 heterocycles. The summed E-state index contributed by atoms with van der Waals surface area (Å²) in [4.78, 5) is 28.9. The lowest BCUT2D eigenvalue weighted by Gasteiger charge is -2.40. The third-order valence-electron chi connectivity index (χ3n) is 6.01. The van der Waals surface area contributed by atoms with Gasteiger partial charge in [0.05, 0.1) is 6.04 Å². The highest BCUT2D eigenvalue weighted by molar-refractivity contribution is 5.81. The predicted molar refractivity (Wildman–Crippen MR) is 109 cm³/mol. The van der Waals surface area contributed by atoms with Crippen molar-refractivity contribution in [2.45, 2.75) is 59.4 Å². The first-order valence-electron chi connectivity index (χ1n) is 10.5. The van der Waals surface area contributed by atoms with Gasteiger partial charge in [0, 0.05) is 56.9 Å². The maximum absolute atomic E-state index is 12.9. The molecule has 1 atom stereocenters. The first-order chi connectivity index (χ1) is 12.8. The Labute approximate surface area is 164 Å². The number of amides is 1. The molecule has 0 N–H and O–H groups in total. The Balaban J connectivity index is 1.58. The summed E-state index contributed by atoms with van der Waals surface area (Å²) in [5.41, 5.74) is 1.02. The number of rotatable bonds is 4. The number of piperazine rings is 1. The number of anilines is 1. The fraction of sp³-hybridized carbons (Fsp3) is 0.762. The number of aromatic nitrogens is 2. The Morgan fingerprint density at radius 2 is 1.67 bits per heavy atom. The molecule has 1 aromatic heterocycles. The van der Waals surface area contributed by atoms with Crippen LogP contribution in [0.15, 0.2) is 6.07 Å². The van der Waals surface area contributed by atoms with Crippen molar-refractivity contribution in [2.75, 3.05) is 44.2 Å². The minimum atomic E-state index is -0.0288. The maximum Gasteiger partial charge on any atom is 0.239 e. The summed E-state index contributed by atoms with van der Waals surface area (Å²) in [5.74, 6) is 3.32. The second-order valence-corrected chi connectivity index (χ2v) is 8.59. The van der Waals surface area contributed by atoms with Gasteiger partial charge in [-0.1, -0.05) is 20.8 Å². The SMILES string of the molecule is Cc1cc(N2CCN(C(C)C(=O)N3CCC(C)CC3)CC2)nc(C(C)C)n1. The van der Waals surface area contributed by atoms with Crippen molar-refractivity contribution in [1.82, 2.24) is 19.8 Å². The molecule has 6 nitrogen and oxygen atoms in total. The fourth-order valence-corrected chi connectivity index (χ4v) is 3.98. The summed E-state index contributed by atoms with van der Waals surface area (Å²) >= 11 is 0. The molecule has 0 saturated carbocycles. The van der Waals surface area contributed by atoms with Gasteiger partial charge in [-0.05, 0) is 32.6 Å². The number of hydrogen-bond acceptors (Lipinski definition) is 5. The lowest BCUT2D eigenvalue weighted by atomic mass is 9.98. The summed E-state index contributed by atoms with van der Waals surface area (Å²) in [7, 11) is 0. The quantitative estimate of drug-likeness (QED) is 0.812. The molecule has 0 aromatic carbocycles. The normalized spacial score (nSPS) is 21.0. The van der Waals surface area contributed by atoms with E-state index in [4.69, 9.17) is 4.98 Å². The third-order valence-corrected chi connectivity index (χ3v) is 6.01. The van der Waals surface area contributed by atoms with Crippen molar-refractivity contribution >= 4 is 11.7 Å². The maximum atomic E-state index is 12.9. The molecule has 2 saturated heterocycles. The number of carbonyl (C=O) groups excluding carboxylic acids is 1. The molecule has 3 rings (SSSR count). The Hall–Kier alpha value is -1.69. The summed E-state index contributed by atoms with van der Waals surface area (Å²) in [6, 6.07) is 2.05. The molecule has 0 spiro atoms. The predicted octanol–water partition coefficient (Wildman–Crippen LogP) is 2.68. The van der Waals surface area contributed by atoms with E-state index in [2.05, 4.69) is 53.4 Å². The number of piperidine rings is 1. The van der Waals surface area contributed by atoms with Crippen LogP contribution >= 0.6 is 0 Å². The van der Waals surface area contributed by atoms with E-state index in [1.807, 2.05) is 6.92 Å². The largest absolute Gasteiger partial charge is 0.354 e. The van der Waals surface area contributed by atoms with Crippen LogP contribution in [-0.2, 0) is 4.79 Å². The highest BCUT2D eigenvalue weighted by Gasteiger charge is 2.30. The van der Waals surface area contributed by atoms with E-state index >= 15 is 0 Å².